The van der Waals surface area contributed by atoms with Gasteiger partial charge < -0.3 is 0 Å². The van der Waals surface area contributed by atoms with E-state index in [0.717, 1.165) is 0 Å². The Morgan fingerprint density at radius 3 is 2.00 bits per heavy atom. The van der Waals surface area contributed by atoms with Crippen molar-refractivity contribution in [3.63, 3.8) is 0 Å². The Bertz CT molecular complexity index is 261. The Balaban J connectivity index is 0. The van der Waals surface area contributed by atoms with Crippen LogP contribution in [0.5, 0.6) is 0 Å². The molecule has 0 amide bonds. The zero-order valence-electron chi connectivity index (χ0n) is 13.1. The Morgan fingerprint density at radius 2 is 1.53 bits per heavy atom. The van der Waals surface area contributed by atoms with Gasteiger partial charge in [-0.05, 0) is 42.9 Å². The first-order chi connectivity index (χ1) is 8.29. The molecule has 1 aromatic carbocycles. The van der Waals surface area contributed by atoms with Crippen LogP contribution < -0.4 is 0 Å². The minimum Gasteiger partial charge on any atom is -0.0683 e. The molecule has 0 aliphatic rings. The van der Waals surface area contributed by atoms with Gasteiger partial charge in [-0.2, -0.15) is 0 Å². The zero-order chi connectivity index (χ0) is 13.7. The molecule has 0 N–H and O–H groups in total. The predicted octanol–water partition coefficient (Wildman–Crippen LogP) is 5.95. The smallest absolute Gasteiger partial charge is 0.0274 e. The van der Waals surface area contributed by atoms with Crippen molar-refractivity contribution in [1.82, 2.24) is 0 Å². The molecule has 0 aliphatic carbocycles. The fourth-order valence-electron chi connectivity index (χ4n) is 1.81. The van der Waals surface area contributed by atoms with Gasteiger partial charge in [0.05, 0.1) is 0 Å². The topological polar surface area (TPSA) is 0 Å². The molecular formula is C17H32. The molecule has 0 radical (unpaired) electrons. The molecule has 1 aromatic rings. The van der Waals surface area contributed by atoms with E-state index in [1.807, 2.05) is 27.7 Å². The second-order valence-electron chi connectivity index (χ2n) is 3.67. The first-order valence-electron chi connectivity index (χ1n) is 7.37. The van der Waals surface area contributed by atoms with Gasteiger partial charge in [-0.3, -0.25) is 0 Å². The average Bonchev–Trinajstić information content (AvgIpc) is 2.41. The molecule has 0 saturated heterocycles. The quantitative estimate of drug-likeness (QED) is 0.605. The van der Waals surface area contributed by atoms with Crippen LogP contribution in [-0.2, 0) is 12.8 Å². The van der Waals surface area contributed by atoms with Gasteiger partial charge in [0.25, 0.3) is 0 Å². The Labute approximate surface area is 109 Å². The minimum atomic E-state index is 1.17. The summed E-state index contributed by atoms with van der Waals surface area (Å²) in [5.74, 6) is 0. The lowest BCUT2D eigenvalue weighted by Gasteiger charge is -2.10. The lowest BCUT2D eigenvalue weighted by atomic mass is 9.96. The molecule has 0 fully saturated rings. The predicted molar refractivity (Wildman–Crippen MR) is 81.9 cm³/mol. The maximum atomic E-state index is 2.26. The van der Waals surface area contributed by atoms with Crippen molar-refractivity contribution in [1.29, 1.82) is 0 Å². The van der Waals surface area contributed by atoms with E-state index in [0.29, 0.717) is 0 Å². The minimum absolute atomic E-state index is 1.17. The third kappa shape index (κ3) is 7.20. The van der Waals surface area contributed by atoms with Crippen LogP contribution in [0.25, 0.3) is 0 Å². The van der Waals surface area contributed by atoms with E-state index in [9.17, 15) is 0 Å². The summed E-state index contributed by atoms with van der Waals surface area (Å²) in [4.78, 5) is 0. The molecule has 0 atom stereocenters. The molecule has 0 heteroatoms. The van der Waals surface area contributed by atoms with Crippen LogP contribution in [0.15, 0.2) is 18.2 Å². The van der Waals surface area contributed by atoms with E-state index in [-0.39, 0.29) is 0 Å². The van der Waals surface area contributed by atoms with E-state index in [2.05, 4.69) is 39.0 Å². The average molecular weight is 236 g/mol. The van der Waals surface area contributed by atoms with Crippen LogP contribution in [0.2, 0.25) is 0 Å². The highest BCUT2D eigenvalue weighted by atomic mass is 14.1. The SMILES string of the molecule is CC.CC.CCCCc1c(C)cccc1CC. The summed E-state index contributed by atoms with van der Waals surface area (Å²) in [6, 6.07) is 6.66. The third-order valence-corrected chi connectivity index (χ3v) is 2.67. The van der Waals surface area contributed by atoms with Crippen molar-refractivity contribution < 1.29 is 0 Å². The number of unbranched alkanes of at least 4 members (excludes halogenated alkanes) is 1. The van der Waals surface area contributed by atoms with Gasteiger partial charge in [0.2, 0.25) is 0 Å². The number of rotatable bonds is 4. The first-order valence-corrected chi connectivity index (χ1v) is 7.37. The fourth-order valence-corrected chi connectivity index (χ4v) is 1.81. The molecule has 0 unspecified atom stereocenters. The molecule has 17 heavy (non-hydrogen) atoms. The number of hydrogen-bond donors (Lipinski definition) is 0. The van der Waals surface area contributed by atoms with Gasteiger partial charge in [0.1, 0.15) is 0 Å². The molecule has 100 valence electrons. The van der Waals surface area contributed by atoms with Gasteiger partial charge in [0, 0.05) is 0 Å². The Hall–Kier alpha value is -0.780. The number of aryl methyl sites for hydroxylation is 2. The fraction of sp³-hybridized carbons (Fsp3) is 0.647. The second kappa shape index (κ2) is 13.3. The van der Waals surface area contributed by atoms with E-state index < -0.39 is 0 Å². The van der Waals surface area contributed by atoms with Crippen LogP contribution >= 0.6 is 0 Å². The Kier molecular flexibility index (Phi) is 14.5. The summed E-state index contributed by atoms with van der Waals surface area (Å²) in [5.41, 5.74) is 4.59. The number of hydrogen-bond acceptors (Lipinski definition) is 0. The molecule has 0 aromatic heterocycles. The highest BCUT2D eigenvalue weighted by Crippen LogP contribution is 2.17. The van der Waals surface area contributed by atoms with Gasteiger partial charge in [-0.1, -0.05) is 66.2 Å². The van der Waals surface area contributed by atoms with E-state index in [4.69, 9.17) is 0 Å². The number of benzene rings is 1. The summed E-state index contributed by atoms with van der Waals surface area (Å²) < 4.78 is 0. The van der Waals surface area contributed by atoms with Crippen molar-refractivity contribution in [3.8, 4) is 0 Å². The lowest BCUT2D eigenvalue weighted by Crippen LogP contribution is -1.96. The maximum Gasteiger partial charge on any atom is -0.0274 e. The molecule has 0 bridgehead atoms. The van der Waals surface area contributed by atoms with Gasteiger partial charge >= 0.3 is 0 Å². The van der Waals surface area contributed by atoms with Gasteiger partial charge in [0.15, 0.2) is 0 Å². The van der Waals surface area contributed by atoms with Gasteiger partial charge in [-0.25, -0.2) is 0 Å². The lowest BCUT2D eigenvalue weighted by molar-refractivity contribution is 0.783. The van der Waals surface area contributed by atoms with Crippen molar-refractivity contribution >= 4 is 0 Å². The van der Waals surface area contributed by atoms with Crippen molar-refractivity contribution in [3.05, 3.63) is 34.9 Å². The highest BCUT2D eigenvalue weighted by Gasteiger charge is 2.02. The van der Waals surface area contributed by atoms with E-state index >= 15 is 0 Å². The van der Waals surface area contributed by atoms with Crippen LogP contribution in [-0.4, -0.2) is 0 Å². The normalized spacial score (nSPS) is 8.65. The molecule has 1 rings (SSSR count). The maximum absolute atomic E-state index is 2.26. The Morgan fingerprint density at radius 1 is 0.941 bits per heavy atom. The first kappa shape index (κ1) is 18.6. The molecule has 0 heterocycles. The van der Waals surface area contributed by atoms with Crippen LogP contribution in [0, 0.1) is 6.92 Å². The molecule has 0 aliphatic heterocycles. The second-order valence-corrected chi connectivity index (χ2v) is 3.67. The van der Waals surface area contributed by atoms with Crippen molar-refractivity contribution in [2.24, 2.45) is 0 Å². The summed E-state index contributed by atoms with van der Waals surface area (Å²) in [6.07, 6.45) is 5.03. The molecule has 0 saturated carbocycles. The third-order valence-electron chi connectivity index (χ3n) is 2.67. The summed E-state index contributed by atoms with van der Waals surface area (Å²) >= 11 is 0. The van der Waals surface area contributed by atoms with Crippen LogP contribution in [0.4, 0.5) is 0 Å². The van der Waals surface area contributed by atoms with E-state index in [1.165, 1.54) is 36.8 Å². The highest BCUT2D eigenvalue weighted by molar-refractivity contribution is 5.34. The van der Waals surface area contributed by atoms with Gasteiger partial charge in [-0.15, -0.1) is 0 Å². The molecule has 0 spiro atoms. The van der Waals surface area contributed by atoms with Crippen LogP contribution in [0.3, 0.4) is 0 Å². The van der Waals surface area contributed by atoms with E-state index in [1.54, 1.807) is 5.56 Å². The summed E-state index contributed by atoms with van der Waals surface area (Å²) in [6.45, 7) is 14.7. The van der Waals surface area contributed by atoms with Crippen LogP contribution in [0.1, 0.15) is 71.1 Å². The zero-order valence-corrected chi connectivity index (χ0v) is 13.1. The summed E-state index contributed by atoms with van der Waals surface area (Å²) in [5, 5.41) is 0. The van der Waals surface area contributed by atoms with Crippen molar-refractivity contribution in [2.75, 3.05) is 0 Å². The standard InChI is InChI=1S/C13H20.2C2H6/c1-4-6-10-13-11(3)8-7-9-12(13)5-2;2*1-2/h7-9H,4-6,10H2,1-3H3;2*1-2H3. The molecular weight excluding hydrogens is 204 g/mol. The van der Waals surface area contributed by atoms with Crippen molar-refractivity contribution in [2.45, 2.75) is 74.1 Å². The molecule has 0 nitrogen and oxygen atoms in total. The monoisotopic (exact) mass is 236 g/mol. The summed E-state index contributed by atoms with van der Waals surface area (Å²) in [7, 11) is 0. The largest absolute Gasteiger partial charge is 0.0683 e.